The van der Waals surface area contributed by atoms with Crippen LogP contribution in [0.15, 0.2) is 79.1 Å². The number of benzene rings is 2. The summed E-state index contributed by atoms with van der Waals surface area (Å²) >= 11 is 6.22. The highest BCUT2D eigenvalue weighted by molar-refractivity contribution is 6.31. The Morgan fingerprint density at radius 1 is 0.750 bits per heavy atom. The molecule has 0 radical (unpaired) electrons. The molecule has 3 aromatic rings. The van der Waals surface area contributed by atoms with Gasteiger partial charge in [-0.1, -0.05) is 60.1 Å². The third-order valence-electron chi connectivity index (χ3n) is 3.28. The number of rotatable bonds is 3. The highest BCUT2D eigenvalue weighted by Crippen LogP contribution is 2.17. The number of aromatic nitrogens is 1. The Balaban J connectivity index is 1.91. The molecule has 1 heterocycles. The first-order valence-corrected chi connectivity index (χ1v) is 6.99. The molecule has 0 aliphatic rings. The van der Waals surface area contributed by atoms with Crippen LogP contribution >= 0.6 is 11.6 Å². The van der Waals surface area contributed by atoms with Crippen molar-refractivity contribution in [2.45, 2.75) is 6.54 Å². The largest absolute Gasteiger partial charge is 0.200 e. The van der Waals surface area contributed by atoms with Crippen molar-refractivity contribution in [3.63, 3.8) is 0 Å². The fourth-order valence-corrected chi connectivity index (χ4v) is 2.44. The zero-order valence-electron chi connectivity index (χ0n) is 11.0. The van der Waals surface area contributed by atoms with Gasteiger partial charge in [0, 0.05) is 17.2 Å². The minimum atomic E-state index is 0.778. The minimum Gasteiger partial charge on any atom is -0.200 e. The predicted octanol–water partition coefficient (Wildman–Crippen LogP) is 4.34. The highest BCUT2D eigenvalue weighted by Gasteiger charge is 2.08. The summed E-state index contributed by atoms with van der Waals surface area (Å²) in [5, 5.41) is 0.810. The maximum absolute atomic E-state index is 6.22. The van der Waals surface area contributed by atoms with E-state index in [0.29, 0.717) is 0 Å². The van der Waals surface area contributed by atoms with Crippen molar-refractivity contribution in [3.05, 3.63) is 89.7 Å². The average Bonchev–Trinajstić information content (AvgIpc) is 2.51. The number of nitrogens with zero attached hydrogens (tertiary/aromatic N) is 1. The van der Waals surface area contributed by atoms with E-state index in [9.17, 15) is 0 Å². The lowest BCUT2D eigenvalue weighted by molar-refractivity contribution is -0.687. The molecule has 0 fully saturated rings. The van der Waals surface area contributed by atoms with Gasteiger partial charge in [-0.25, -0.2) is 4.57 Å². The quantitative estimate of drug-likeness (QED) is 0.628. The van der Waals surface area contributed by atoms with Crippen molar-refractivity contribution in [2.75, 3.05) is 0 Å². The number of halogens is 1. The Labute approximate surface area is 124 Å². The molecule has 0 aliphatic heterocycles. The molecule has 0 amide bonds. The van der Waals surface area contributed by atoms with E-state index in [-0.39, 0.29) is 0 Å². The van der Waals surface area contributed by atoms with E-state index in [1.165, 1.54) is 11.1 Å². The maximum atomic E-state index is 6.22. The molecule has 98 valence electrons. The molecule has 1 aromatic heterocycles. The van der Waals surface area contributed by atoms with E-state index in [1.807, 2.05) is 24.3 Å². The topological polar surface area (TPSA) is 3.88 Å². The van der Waals surface area contributed by atoms with Crippen LogP contribution in [0.2, 0.25) is 5.02 Å². The SMILES string of the molecule is Clc1ccccc1C[n+]1cccc(-c2ccccc2)c1. The van der Waals surface area contributed by atoms with E-state index in [4.69, 9.17) is 11.6 Å². The third kappa shape index (κ3) is 2.89. The third-order valence-corrected chi connectivity index (χ3v) is 3.64. The van der Waals surface area contributed by atoms with Crippen LogP contribution < -0.4 is 4.57 Å². The maximum Gasteiger partial charge on any atom is 0.176 e. The summed E-state index contributed by atoms with van der Waals surface area (Å²) in [6.45, 7) is 0.778. The van der Waals surface area contributed by atoms with Gasteiger partial charge in [-0.05, 0) is 17.7 Å². The van der Waals surface area contributed by atoms with E-state index in [1.54, 1.807) is 0 Å². The average molecular weight is 281 g/mol. The molecule has 0 aliphatic carbocycles. The first-order chi connectivity index (χ1) is 9.83. The van der Waals surface area contributed by atoms with Gasteiger partial charge in [0.1, 0.15) is 0 Å². The summed E-state index contributed by atoms with van der Waals surface area (Å²) in [7, 11) is 0. The van der Waals surface area contributed by atoms with Gasteiger partial charge in [0.25, 0.3) is 0 Å². The summed E-state index contributed by atoms with van der Waals surface area (Å²) in [6.07, 6.45) is 4.22. The molecule has 0 atom stereocenters. The van der Waals surface area contributed by atoms with Gasteiger partial charge in [0.05, 0.1) is 5.02 Å². The number of hydrogen-bond acceptors (Lipinski definition) is 0. The smallest absolute Gasteiger partial charge is 0.176 e. The van der Waals surface area contributed by atoms with Crippen molar-refractivity contribution in [2.24, 2.45) is 0 Å². The minimum absolute atomic E-state index is 0.778. The fourth-order valence-electron chi connectivity index (χ4n) is 2.24. The van der Waals surface area contributed by atoms with Crippen molar-refractivity contribution in [1.29, 1.82) is 0 Å². The summed E-state index contributed by atoms with van der Waals surface area (Å²) in [5.74, 6) is 0. The molecule has 0 saturated heterocycles. The second-order valence-electron chi connectivity index (χ2n) is 4.72. The standard InChI is InChI=1S/C18H15ClN/c19-18-11-5-4-9-17(18)14-20-12-6-10-16(13-20)15-7-2-1-3-8-15/h1-13H,14H2/q+1. The van der Waals surface area contributed by atoms with Crippen LogP contribution in [0.1, 0.15) is 5.56 Å². The predicted molar refractivity (Wildman–Crippen MR) is 82.6 cm³/mol. The van der Waals surface area contributed by atoms with E-state index >= 15 is 0 Å². The number of pyridine rings is 1. The van der Waals surface area contributed by atoms with E-state index in [0.717, 1.165) is 17.1 Å². The van der Waals surface area contributed by atoms with Gasteiger partial charge in [-0.15, -0.1) is 0 Å². The van der Waals surface area contributed by atoms with Gasteiger partial charge in [0.2, 0.25) is 0 Å². The van der Waals surface area contributed by atoms with Crippen LogP contribution in [-0.4, -0.2) is 0 Å². The molecule has 2 heteroatoms. The molecular formula is C18H15ClN+. The lowest BCUT2D eigenvalue weighted by Crippen LogP contribution is -2.33. The molecule has 2 aromatic carbocycles. The van der Waals surface area contributed by atoms with Crippen molar-refractivity contribution >= 4 is 11.6 Å². The first kappa shape index (κ1) is 12.9. The van der Waals surface area contributed by atoms with Gasteiger partial charge in [-0.2, -0.15) is 0 Å². The fraction of sp³-hybridized carbons (Fsp3) is 0.0556. The van der Waals surface area contributed by atoms with Crippen LogP contribution in [0.3, 0.4) is 0 Å². The second-order valence-corrected chi connectivity index (χ2v) is 5.13. The van der Waals surface area contributed by atoms with E-state index < -0.39 is 0 Å². The Kier molecular flexibility index (Phi) is 3.80. The first-order valence-electron chi connectivity index (χ1n) is 6.61. The molecule has 0 N–H and O–H groups in total. The Bertz CT molecular complexity index is 707. The van der Waals surface area contributed by atoms with Gasteiger partial charge in [-0.3, -0.25) is 0 Å². The van der Waals surface area contributed by atoms with Crippen LogP contribution in [0.4, 0.5) is 0 Å². The van der Waals surface area contributed by atoms with Crippen molar-refractivity contribution < 1.29 is 4.57 Å². The summed E-state index contributed by atoms with van der Waals surface area (Å²) < 4.78 is 2.16. The molecule has 0 spiro atoms. The molecule has 3 rings (SSSR count). The summed E-state index contributed by atoms with van der Waals surface area (Å²) in [4.78, 5) is 0. The normalized spacial score (nSPS) is 10.4. The summed E-state index contributed by atoms with van der Waals surface area (Å²) in [5.41, 5.74) is 3.56. The van der Waals surface area contributed by atoms with Crippen molar-refractivity contribution in [3.8, 4) is 11.1 Å². The Hall–Kier alpha value is -2.12. The molecule has 0 bridgehead atoms. The van der Waals surface area contributed by atoms with Crippen LogP contribution in [0, 0.1) is 0 Å². The van der Waals surface area contributed by atoms with Crippen LogP contribution in [0.5, 0.6) is 0 Å². The molecule has 0 saturated carbocycles. The molecule has 0 unspecified atom stereocenters. The highest BCUT2D eigenvalue weighted by atomic mass is 35.5. The molecule has 20 heavy (non-hydrogen) atoms. The summed E-state index contributed by atoms with van der Waals surface area (Å²) in [6, 6.07) is 22.5. The van der Waals surface area contributed by atoms with Crippen LogP contribution in [-0.2, 0) is 6.54 Å². The Morgan fingerprint density at radius 2 is 1.45 bits per heavy atom. The Morgan fingerprint density at radius 3 is 2.25 bits per heavy atom. The molecule has 1 nitrogen and oxygen atoms in total. The second kappa shape index (κ2) is 5.89. The van der Waals surface area contributed by atoms with E-state index in [2.05, 4.69) is 59.4 Å². The monoisotopic (exact) mass is 280 g/mol. The lowest BCUT2D eigenvalue weighted by Gasteiger charge is -2.03. The van der Waals surface area contributed by atoms with Gasteiger partial charge >= 0.3 is 0 Å². The zero-order chi connectivity index (χ0) is 13.8. The lowest BCUT2D eigenvalue weighted by atomic mass is 10.1. The van der Waals surface area contributed by atoms with Gasteiger partial charge in [0.15, 0.2) is 18.9 Å². The van der Waals surface area contributed by atoms with Crippen LogP contribution in [0.25, 0.3) is 11.1 Å². The molecular weight excluding hydrogens is 266 g/mol. The van der Waals surface area contributed by atoms with Gasteiger partial charge < -0.3 is 0 Å². The number of hydrogen-bond donors (Lipinski definition) is 0. The zero-order valence-corrected chi connectivity index (χ0v) is 11.8. The van der Waals surface area contributed by atoms with Crippen molar-refractivity contribution in [1.82, 2.24) is 0 Å².